The summed E-state index contributed by atoms with van der Waals surface area (Å²) in [4.78, 5) is 33.2. The van der Waals surface area contributed by atoms with Crippen LogP contribution in [-0.4, -0.2) is 19.9 Å². The summed E-state index contributed by atoms with van der Waals surface area (Å²) in [6, 6.07) is 2.77. The van der Waals surface area contributed by atoms with Gasteiger partial charge in [-0.25, -0.2) is 9.97 Å². The van der Waals surface area contributed by atoms with E-state index in [-0.39, 0.29) is 23.0 Å². The van der Waals surface area contributed by atoms with Gasteiger partial charge in [-0.3, -0.25) is 19.6 Å². The maximum Gasteiger partial charge on any atom is 0.252 e. The van der Waals surface area contributed by atoms with Crippen LogP contribution in [0.15, 0.2) is 21.7 Å². The molecule has 0 fully saturated rings. The number of nitrogens with zero attached hydrogens (tertiary/aromatic N) is 2. The fraction of sp³-hybridized carbons (Fsp3) is 0.200. The van der Waals surface area contributed by atoms with Crippen LogP contribution < -0.4 is 22.6 Å². The molecule has 0 spiro atoms. The molecule has 0 radical (unpaired) electrons. The summed E-state index contributed by atoms with van der Waals surface area (Å²) in [5.41, 5.74) is 11.2. The van der Waals surface area contributed by atoms with E-state index >= 15 is 0 Å². The standard InChI is InChI=1S/2C5H7N3O/c2*1-3-2-4(9)8-5(6)7-3/h2*2H,1H3,(H3,6,7,8,9). The molecule has 0 saturated heterocycles. The molecular weight excluding hydrogens is 236 g/mol. The molecule has 8 nitrogen and oxygen atoms in total. The molecule has 0 aliphatic carbocycles. The highest BCUT2D eigenvalue weighted by molar-refractivity contribution is 5.16. The van der Waals surface area contributed by atoms with Crippen molar-refractivity contribution < 1.29 is 0 Å². The largest absolute Gasteiger partial charge is 0.369 e. The SMILES string of the molecule is Cc1cc(=O)[nH]c(N)n1.Cc1cc(=O)[nH]c(N)n1. The molecular formula is C10H14N6O2. The highest BCUT2D eigenvalue weighted by atomic mass is 16.1. The van der Waals surface area contributed by atoms with Crippen LogP contribution in [-0.2, 0) is 0 Å². The van der Waals surface area contributed by atoms with Crippen molar-refractivity contribution in [3.8, 4) is 0 Å². The van der Waals surface area contributed by atoms with E-state index < -0.39 is 0 Å². The Kier molecular flexibility index (Phi) is 4.19. The third kappa shape index (κ3) is 4.47. The van der Waals surface area contributed by atoms with Crippen LogP contribution in [0, 0.1) is 13.8 Å². The van der Waals surface area contributed by atoms with Gasteiger partial charge in [0.1, 0.15) is 0 Å². The number of aromatic nitrogens is 4. The zero-order valence-electron chi connectivity index (χ0n) is 10.0. The highest BCUT2D eigenvalue weighted by Gasteiger charge is 1.89. The first kappa shape index (κ1) is 13.4. The molecule has 6 N–H and O–H groups in total. The van der Waals surface area contributed by atoms with Crippen LogP contribution in [0.1, 0.15) is 11.4 Å². The second-order valence-electron chi connectivity index (χ2n) is 3.54. The van der Waals surface area contributed by atoms with Gasteiger partial charge in [-0.05, 0) is 13.8 Å². The van der Waals surface area contributed by atoms with Crippen molar-refractivity contribution in [3.05, 3.63) is 44.2 Å². The van der Waals surface area contributed by atoms with Crippen LogP contribution in [0.25, 0.3) is 0 Å². The maximum atomic E-state index is 10.5. The van der Waals surface area contributed by atoms with E-state index in [4.69, 9.17) is 11.5 Å². The first-order valence-corrected chi connectivity index (χ1v) is 5.03. The Bertz CT molecular complexity index is 541. The van der Waals surface area contributed by atoms with Gasteiger partial charge >= 0.3 is 0 Å². The van der Waals surface area contributed by atoms with Gasteiger partial charge < -0.3 is 11.5 Å². The quantitative estimate of drug-likeness (QED) is 0.487. The van der Waals surface area contributed by atoms with Crippen LogP contribution >= 0.6 is 0 Å². The average Bonchev–Trinajstić information content (AvgIpc) is 2.12. The molecule has 96 valence electrons. The Morgan fingerprint density at radius 3 is 1.44 bits per heavy atom. The van der Waals surface area contributed by atoms with Gasteiger partial charge in [-0.2, -0.15) is 0 Å². The molecule has 0 amide bonds. The normalized spacial score (nSPS) is 9.44. The molecule has 2 rings (SSSR count). The van der Waals surface area contributed by atoms with E-state index in [2.05, 4.69) is 19.9 Å². The number of anilines is 2. The maximum absolute atomic E-state index is 10.5. The Balaban J connectivity index is 0.000000180. The zero-order valence-corrected chi connectivity index (χ0v) is 10.0. The summed E-state index contributed by atoms with van der Waals surface area (Å²) in [6.45, 7) is 3.43. The number of H-pyrrole nitrogens is 2. The monoisotopic (exact) mass is 250 g/mol. The topological polar surface area (TPSA) is 144 Å². The summed E-state index contributed by atoms with van der Waals surface area (Å²) in [5, 5.41) is 0. The lowest BCUT2D eigenvalue weighted by Crippen LogP contribution is -2.10. The van der Waals surface area contributed by atoms with Crippen molar-refractivity contribution in [2.45, 2.75) is 13.8 Å². The molecule has 0 bridgehead atoms. The predicted octanol–water partition coefficient (Wildman–Crippen LogP) is -0.679. The van der Waals surface area contributed by atoms with Crippen molar-refractivity contribution in [2.75, 3.05) is 11.5 Å². The highest BCUT2D eigenvalue weighted by Crippen LogP contribution is 1.87. The summed E-state index contributed by atoms with van der Waals surface area (Å²) in [6.07, 6.45) is 0. The van der Waals surface area contributed by atoms with E-state index in [0.29, 0.717) is 11.4 Å². The average molecular weight is 250 g/mol. The van der Waals surface area contributed by atoms with Crippen LogP contribution in [0.2, 0.25) is 0 Å². The van der Waals surface area contributed by atoms with E-state index in [0.717, 1.165) is 0 Å². The lowest BCUT2D eigenvalue weighted by Gasteiger charge is -1.90. The van der Waals surface area contributed by atoms with Gasteiger partial charge in [-0.1, -0.05) is 0 Å². The second-order valence-corrected chi connectivity index (χ2v) is 3.54. The van der Waals surface area contributed by atoms with Crippen molar-refractivity contribution in [1.82, 2.24) is 19.9 Å². The fourth-order valence-corrected chi connectivity index (χ4v) is 1.20. The lowest BCUT2D eigenvalue weighted by atomic mass is 10.5. The molecule has 0 aromatic carbocycles. The number of nitrogen functional groups attached to an aromatic ring is 2. The van der Waals surface area contributed by atoms with Crippen molar-refractivity contribution in [2.24, 2.45) is 0 Å². The molecule has 0 aliphatic rings. The Hall–Kier alpha value is -2.64. The molecule has 2 aromatic rings. The molecule has 0 aliphatic heterocycles. The first-order chi connectivity index (χ1) is 8.36. The van der Waals surface area contributed by atoms with Gasteiger partial charge in [0, 0.05) is 23.5 Å². The van der Waals surface area contributed by atoms with Crippen molar-refractivity contribution in [1.29, 1.82) is 0 Å². The van der Waals surface area contributed by atoms with Gasteiger partial charge in [0.25, 0.3) is 11.1 Å². The molecule has 2 heterocycles. The Morgan fingerprint density at radius 2 is 1.22 bits per heavy atom. The summed E-state index contributed by atoms with van der Waals surface area (Å²) < 4.78 is 0. The fourth-order valence-electron chi connectivity index (χ4n) is 1.20. The second kappa shape index (κ2) is 5.62. The lowest BCUT2D eigenvalue weighted by molar-refractivity contribution is 1.08. The predicted molar refractivity (Wildman–Crippen MR) is 68.0 cm³/mol. The Labute approximate surface area is 102 Å². The van der Waals surface area contributed by atoms with Crippen LogP contribution in [0.3, 0.4) is 0 Å². The summed E-state index contributed by atoms with van der Waals surface area (Å²) >= 11 is 0. The van der Waals surface area contributed by atoms with E-state index in [1.54, 1.807) is 13.8 Å². The summed E-state index contributed by atoms with van der Waals surface area (Å²) in [7, 11) is 0. The minimum absolute atomic E-state index is 0.167. The number of nitrogens with one attached hydrogen (secondary N) is 2. The van der Waals surface area contributed by atoms with Crippen molar-refractivity contribution >= 4 is 11.9 Å². The van der Waals surface area contributed by atoms with Crippen LogP contribution in [0.5, 0.6) is 0 Å². The Morgan fingerprint density at radius 1 is 0.889 bits per heavy atom. The zero-order chi connectivity index (χ0) is 13.7. The molecule has 0 saturated carbocycles. The molecule has 2 aromatic heterocycles. The van der Waals surface area contributed by atoms with Gasteiger partial charge in [0.15, 0.2) is 0 Å². The van der Waals surface area contributed by atoms with E-state index in [1.165, 1.54) is 12.1 Å². The number of hydrogen-bond donors (Lipinski definition) is 4. The minimum Gasteiger partial charge on any atom is -0.369 e. The number of aryl methyl sites for hydroxylation is 2. The molecule has 0 atom stereocenters. The molecule has 0 unspecified atom stereocenters. The third-order valence-corrected chi connectivity index (χ3v) is 1.78. The number of hydrogen-bond acceptors (Lipinski definition) is 6. The minimum atomic E-state index is -0.208. The van der Waals surface area contributed by atoms with Crippen LogP contribution in [0.4, 0.5) is 11.9 Å². The first-order valence-electron chi connectivity index (χ1n) is 5.03. The van der Waals surface area contributed by atoms with Crippen molar-refractivity contribution in [3.63, 3.8) is 0 Å². The van der Waals surface area contributed by atoms with E-state index in [9.17, 15) is 9.59 Å². The van der Waals surface area contributed by atoms with Gasteiger partial charge in [0.05, 0.1) is 0 Å². The van der Waals surface area contributed by atoms with Gasteiger partial charge in [-0.15, -0.1) is 0 Å². The van der Waals surface area contributed by atoms with E-state index in [1.807, 2.05) is 0 Å². The number of rotatable bonds is 0. The summed E-state index contributed by atoms with van der Waals surface area (Å²) in [5.74, 6) is 0.333. The number of nitrogens with two attached hydrogens (primary N) is 2. The van der Waals surface area contributed by atoms with Gasteiger partial charge in [0.2, 0.25) is 11.9 Å². The molecule has 8 heteroatoms. The third-order valence-electron chi connectivity index (χ3n) is 1.78. The number of aromatic amines is 2. The molecule has 18 heavy (non-hydrogen) atoms. The smallest absolute Gasteiger partial charge is 0.252 e.